The fourth-order valence-corrected chi connectivity index (χ4v) is 3.71. The summed E-state index contributed by atoms with van der Waals surface area (Å²) in [6, 6.07) is 3.10. The molecule has 0 bridgehead atoms. The minimum atomic E-state index is -3.27. The van der Waals surface area contributed by atoms with Gasteiger partial charge in [-0.1, -0.05) is 0 Å². The van der Waals surface area contributed by atoms with Crippen LogP contribution in [0.1, 0.15) is 42.8 Å². The molecule has 9 nitrogen and oxygen atoms in total. The minimum absolute atomic E-state index is 0.117. The second-order valence-corrected chi connectivity index (χ2v) is 8.31. The maximum atomic E-state index is 14.0. The highest BCUT2D eigenvalue weighted by Crippen LogP contribution is 2.35. The molecular formula is C21H25F2N7O2. The van der Waals surface area contributed by atoms with Gasteiger partial charge in [-0.15, -0.1) is 5.10 Å². The second-order valence-electron chi connectivity index (χ2n) is 8.31. The molecule has 3 aromatic rings. The fourth-order valence-electron chi connectivity index (χ4n) is 3.71. The standard InChI is InChI=1S/C21H25F2N7O2/c1-12-8-17(27-19(25-12)21(4,22)23)30-15-9-16(26-13(2)31)24-10-14(15)18(28-30)29-7-6-20(3,11-29)32-5/h8-10H,6-7,11H2,1-5H3,(H,24,26,31)/i5D3. The Labute approximate surface area is 188 Å². The van der Waals surface area contributed by atoms with E-state index in [9.17, 15) is 13.6 Å². The number of alkyl halides is 2. The lowest BCUT2D eigenvalue weighted by Crippen LogP contribution is -2.32. The van der Waals surface area contributed by atoms with Crippen LogP contribution in [-0.4, -0.2) is 56.4 Å². The zero-order chi connectivity index (χ0) is 25.8. The number of fused-ring (bicyclic) bond motifs is 1. The summed E-state index contributed by atoms with van der Waals surface area (Å²) < 4.78 is 57.2. The highest BCUT2D eigenvalue weighted by Gasteiger charge is 2.36. The van der Waals surface area contributed by atoms with Gasteiger partial charge in [-0.3, -0.25) is 4.79 Å². The lowest BCUT2D eigenvalue weighted by Gasteiger charge is -2.22. The van der Waals surface area contributed by atoms with Crippen molar-refractivity contribution in [1.29, 1.82) is 0 Å². The molecule has 1 atom stereocenters. The predicted molar refractivity (Wildman–Crippen MR) is 115 cm³/mol. The summed E-state index contributed by atoms with van der Waals surface area (Å²) in [6.07, 6.45) is 1.96. The normalized spacial score (nSPS) is 20.8. The first-order valence-electron chi connectivity index (χ1n) is 11.5. The van der Waals surface area contributed by atoms with Gasteiger partial charge in [0.2, 0.25) is 11.7 Å². The van der Waals surface area contributed by atoms with E-state index in [0.29, 0.717) is 42.3 Å². The minimum Gasteiger partial charge on any atom is -0.377 e. The zero-order valence-corrected chi connectivity index (χ0v) is 18.1. The number of anilines is 2. The molecule has 1 saturated heterocycles. The molecule has 1 aliphatic heterocycles. The van der Waals surface area contributed by atoms with Crippen molar-refractivity contribution in [3.8, 4) is 5.82 Å². The molecule has 1 N–H and O–H groups in total. The third-order valence-electron chi connectivity index (χ3n) is 5.28. The Balaban J connectivity index is 1.84. The maximum absolute atomic E-state index is 14.0. The van der Waals surface area contributed by atoms with Crippen molar-refractivity contribution in [2.75, 3.05) is 30.3 Å². The van der Waals surface area contributed by atoms with E-state index in [1.54, 1.807) is 19.9 Å². The summed E-state index contributed by atoms with van der Waals surface area (Å²) in [5, 5.41) is 7.81. The third kappa shape index (κ3) is 4.12. The van der Waals surface area contributed by atoms with Gasteiger partial charge in [-0.2, -0.15) is 8.78 Å². The number of carbonyl (C=O) groups is 1. The molecular weight excluding hydrogens is 420 g/mol. The Hall–Kier alpha value is -3.21. The van der Waals surface area contributed by atoms with E-state index in [1.165, 1.54) is 23.9 Å². The van der Waals surface area contributed by atoms with Crippen molar-refractivity contribution >= 4 is 28.4 Å². The molecule has 170 valence electrons. The Morgan fingerprint density at radius 3 is 2.84 bits per heavy atom. The number of ether oxygens (including phenoxy) is 1. The smallest absolute Gasteiger partial charge is 0.303 e. The molecule has 0 aliphatic carbocycles. The molecule has 4 rings (SSSR count). The first-order chi connectivity index (χ1) is 16.1. The second kappa shape index (κ2) is 7.73. The average Bonchev–Trinajstić information content (AvgIpc) is 3.25. The Bertz CT molecular complexity index is 1290. The van der Waals surface area contributed by atoms with E-state index >= 15 is 0 Å². The first kappa shape index (κ1) is 18.4. The van der Waals surface area contributed by atoms with Crippen molar-refractivity contribution in [2.24, 2.45) is 0 Å². The van der Waals surface area contributed by atoms with Gasteiger partial charge in [-0.05, 0) is 20.3 Å². The van der Waals surface area contributed by atoms with Crippen LogP contribution in [0.2, 0.25) is 0 Å². The molecule has 3 aromatic heterocycles. The van der Waals surface area contributed by atoms with Crippen molar-refractivity contribution in [3.63, 3.8) is 0 Å². The molecule has 32 heavy (non-hydrogen) atoms. The van der Waals surface area contributed by atoms with Crippen molar-refractivity contribution in [3.05, 3.63) is 29.8 Å². The van der Waals surface area contributed by atoms with Crippen molar-refractivity contribution in [2.45, 2.75) is 45.6 Å². The van der Waals surface area contributed by atoms with Crippen LogP contribution in [-0.2, 0) is 15.5 Å². The van der Waals surface area contributed by atoms with E-state index in [0.717, 1.165) is 0 Å². The molecule has 1 fully saturated rings. The molecule has 1 amide bonds. The number of halogens is 2. The highest BCUT2D eigenvalue weighted by atomic mass is 19.3. The van der Waals surface area contributed by atoms with Gasteiger partial charge in [0.05, 0.1) is 20.6 Å². The van der Waals surface area contributed by atoms with E-state index in [-0.39, 0.29) is 24.1 Å². The van der Waals surface area contributed by atoms with Gasteiger partial charge in [-0.25, -0.2) is 19.6 Å². The summed E-state index contributed by atoms with van der Waals surface area (Å²) in [6.45, 7) is 6.05. The lowest BCUT2D eigenvalue weighted by atomic mass is 10.1. The van der Waals surface area contributed by atoms with Crippen LogP contribution in [0.25, 0.3) is 16.7 Å². The Morgan fingerprint density at radius 2 is 2.16 bits per heavy atom. The van der Waals surface area contributed by atoms with Crippen LogP contribution >= 0.6 is 0 Å². The highest BCUT2D eigenvalue weighted by molar-refractivity contribution is 5.95. The summed E-state index contributed by atoms with van der Waals surface area (Å²) in [5.41, 5.74) is -0.145. The van der Waals surface area contributed by atoms with Gasteiger partial charge < -0.3 is 15.0 Å². The fraction of sp³-hybridized carbons (Fsp3) is 0.476. The molecule has 0 saturated carbocycles. The van der Waals surface area contributed by atoms with Gasteiger partial charge in [0.25, 0.3) is 0 Å². The lowest BCUT2D eigenvalue weighted by molar-refractivity contribution is -0.114. The summed E-state index contributed by atoms with van der Waals surface area (Å²) >= 11 is 0. The average molecular weight is 448 g/mol. The number of nitrogens with zero attached hydrogens (tertiary/aromatic N) is 6. The molecule has 4 heterocycles. The van der Waals surface area contributed by atoms with Crippen LogP contribution in [0.4, 0.5) is 20.4 Å². The number of hydrogen-bond donors (Lipinski definition) is 1. The number of methoxy groups -OCH3 is 1. The number of hydrogen-bond acceptors (Lipinski definition) is 7. The SMILES string of the molecule is [2H]C([2H])([2H])OC1(C)CCN(c2nn(-c3cc(C)nc(C(C)(F)F)n3)c3cc(NC(C)=O)ncc23)C1. The van der Waals surface area contributed by atoms with Crippen LogP contribution in [0.15, 0.2) is 18.3 Å². The number of pyridine rings is 1. The quantitative estimate of drug-likeness (QED) is 0.640. The van der Waals surface area contributed by atoms with Gasteiger partial charge in [0.1, 0.15) is 5.82 Å². The van der Waals surface area contributed by atoms with E-state index in [4.69, 9.17) is 8.85 Å². The Kier molecular flexibility index (Phi) is 4.44. The molecule has 0 radical (unpaired) electrons. The molecule has 0 spiro atoms. The number of rotatable bonds is 5. The monoisotopic (exact) mass is 448 g/mol. The molecule has 1 aliphatic rings. The van der Waals surface area contributed by atoms with Gasteiger partial charge >= 0.3 is 5.92 Å². The molecule has 0 aromatic carbocycles. The zero-order valence-electron chi connectivity index (χ0n) is 21.1. The van der Waals surface area contributed by atoms with Gasteiger partial charge in [0, 0.05) is 58.0 Å². The molecule has 1 unspecified atom stereocenters. The van der Waals surface area contributed by atoms with Crippen LogP contribution in [0, 0.1) is 6.92 Å². The van der Waals surface area contributed by atoms with E-state index < -0.39 is 24.4 Å². The number of carbonyl (C=O) groups excluding carboxylic acids is 1. The number of amides is 1. The summed E-state index contributed by atoms with van der Waals surface area (Å²) in [5.74, 6) is -3.41. The Morgan fingerprint density at radius 1 is 1.38 bits per heavy atom. The van der Waals surface area contributed by atoms with Crippen molar-refractivity contribution < 1.29 is 22.4 Å². The maximum Gasteiger partial charge on any atom is 0.303 e. The van der Waals surface area contributed by atoms with E-state index in [2.05, 4.69) is 25.4 Å². The molecule has 11 heteroatoms. The van der Waals surface area contributed by atoms with Crippen LogP contribution < -0.4 is 10.2 Å². The van der Waals surface area contributed by atoms with Crippen molar-refractivity contribution in [1.82, 2.24) is 24.7 Å². The topological polar surface area (TPSA) is 98.1 Å². The first-order valence-corrected chi connectivity index (χ1v) is 9.99. The largest absolute Gasteiger partial charge is 0.377 e. The van der Waals surface area contributed by atoms with E-state index in [1.807, 2.05) is 4.90 Å². The van der Waals surface area contributed by atoms with Gasteiger partial charge in [0.15, 0.2) is 11.6 Å². The summed E-state index contributed by atoms with van der Waals surface area (Å²) in [7, 11) is -2.55. The van der Waals surface area contributed by atoms with Crippen LogP contribution in [0.3, 0.4) is 0 Å². The third-order valence-corrected chi connectivity index (χ3v) is 5.28. The number of aryl methyl sites for hydroxylation is 1. The predicted octanol–water partition coefficient (Wildman–Crippen LogP) is 3.20. The number of nitrogens with one attached hydrogen (secondary N) is 1. The number of aromatic nitrogens is 5. The van der Waals surface area contributed by atoms with Crippen LogP contribution in [0.5, 0.6) is 0 Å². The summed E-state index contributed by atoms with van der Waals surface area (Å²) in [4.78, 5) is 25.6.